The van der Waals surface area contributed by atoms with E-state index in [9.17, 15) is 14.7 Å². The number of pyridine rings is 1. The molecule has 0 bridgehead atoms. The Balaban J connectivity index is 1.67. The molecule has 0 spiro atoms. The van der Waals surface area contributed by atoms with Gasteiger partial charge in [-0.3, -0.25) is 9.78 Å². The van der Waals surface area contributed by atoms with Crippen LogP contribution in [0.1, 0.15) is 26.3 Å². The number of methoxy groups -OCH3 is 1. The standard InChI is InChI=1S/C21H17N3O5/c1-28-19-10-14(12-23-24-20(26)15-4-2-6-17(25)11-15)7-8-18(19)29-21(27)16-5-3-9-22-13-16/h2-13,25H,1H3,(H,24,26)/b23-12-. The van der Waals surface area contributed by atoms with Gasteiger partial charge in [0, 0.05) is 18.0 Å². The molecular weight excluding hydrogens is 374 g/mol. The normalized spacial score (nSPS) is 10.5. The van der Waals surface area contributed by atoms with Gasteiger partial charge in [-0.1, -0.05) is 6.07 Å². The maximum absolute atomic E-state index is 12.2. The van der Waals surface area contributed by atoms with E-state index >= 15 is 0 Å². The Morgan fingerprint density at radius 3 is 2.62 bits per heavy atom. The van der Waals surface area contributed by atoms with Crippen LogP contribution >= 0.6 is 0 Å². The first-order valence-electron chi connectivity index (χ1n) is 8.49. The van der Waals surface area contributed by atoms with E-state index in [2.05, 4.69) is 15.5 Å². The number of carbonyl (C=O) groups excluding carboxylic acids is 2. The molecule has 0 aliphatic rings. The van der Waals surface area contributed by atoms with Gasteiger partial charge in [-0.05, 0) is 54.1 Å². The molecular formula is C21H17N3O5. The van der Waals surface area contributed by atoms with Crippen molar-refractivity contribution in [2.45, 2.75) is 0 Å². The lowest BCUT2D eigenvalue weighted by atomic mass is 10.2. The molecule has 0 saturated heterocycles. The monoisotopic (exact) mass is 391 g/mol. The molecule has 0 aliphatic heterocycles. The van der Waals surface area contributed by atoms with Gasteiger partial charge in [0.1, 0.15) is 5.75 Å². The number of nitrogens with one attached hydrogen (secondary N) is 1. The average Bonchev–Trinajstić information content (AvgIpc) is 2.75. The van der Waals surface area contributed by atoms with Gasteiger partial charge in [0.05, 0.1) is 18.9 Å². The lowest BCUT2D eigenvalue weighted by Crippen LogP contribution is -2.17. The van der Waals surface area contributed by atoms with Crippen molar-refractivity contribution in [2.24, 2.45) is 5.10 Å². The lowest BCUT2D eigenvalue weighted by Gasteiger charge is -2.09. The summed E-state index contributed by atoms with van der Waals surface area (Å²) in [5.41, 5.74) is 3.57. The van der Waals surface area contributed by atoms with Crippen LogP contribution in [0, 0.1) is 0 Å². The van der Waals surface area contributed by atoms with Crippen LogP contribution in [0.5, 0.6) is 17.2 Å². The van der Waals surface area contributed by atoms with Crippen LogP contribution < -0.4 is 14.9 Å². The van der Waals surface area contributed by atoms with Gasteiger partial charge in [0.2, 0.25) is 0 Å². The smallest absolute Gasteiger partial charge is 0.345 e. The number of hydrazone groups is 1. The van der Waals surface area contributed by atoms with Crippen LogP contribution in [0.15, 0.2) is 72.1 Å². The third-order valence-electron chi connectivity index (χ3n) is 3.78. The molecule has 3 rings (SSSR count). The molecule has 146 valence electrons. The minimum atomic E-state index is -0.559. The molecule has 1 amide bonds. The molecule has 29 heavy (non-hydrogen) atoms. The molecule has 2 N–H and O–H groups in total. The fourth-order valence-electron chi connectivity index (χ4n) is 2.37. The van der Waals surface area contributed by atoms with Crippen LogP contribution in [-0.2, 0) is 0 Å². The summed E-state index contributed by atoms with van der Waals surface area (Å²) >= 11 is 0. The van der Waals surface area contributed by atoms with E-state index in [-0.39, 0.29) is 17.1 Å². The van der Waals surface area contributed by atoms with Gasteiger partial charge < -0.3 is 14.6 Å². The fraction of sp³-hybridized carbons (Fsp3) is 0.0476. The number of amides is 1. The van der Waals surface area contributed by atoms with Gasteiger partial charge in [-0.25, -0.2) is 10.2 Å². The van der Waals surface area contributed by atoms with Crippen molar-refractivity contribution in [3.8, 4) is 17.2 Å². The largest absolute Gasteiger partial charge is 0.508 e. The van der Waals surface area contributed by atoms with E-state index in [4.69, 9.17) is 9.47 Å². The van der Waals surface area contributed by atoms with Gasteiger partial charge >= 0.3 is 5.97 Å². The van der Waals surface area contributed by atoms with E-state index in [0.717, 1.165) is 0 Å². The SMILES string of the molecule is COc1cc(/C=N\NC(=O)c2cccc(O)c2)ccc1OC(=O)c1cccnc1. The van der Waals surface area contributed by atoms with E-state index in [1.165, 1.54) is 31.7 Å². The second kappa shape index (κ2) is 9.14. The minimum Gasteiger partial charge on any atom is -0.508 e. The number of benzene rings is 2. The number of ether oxygens (including phenoxy) is 2. The molecule has 0 aliphatic carbocycles. The van der Waals surface area contributed by atoms with Crippen molar-refractivity contribution in [1.82, 2.24) is 10.4 Å². The molecule has 0 unspecified atom stereocenters. The van der Waals surface area contributed by atoms with Gasteiger partial charge in [0.25, 0.3) is 5.91 Å². The van der Waals surface area contributed by atoms with Crippen molar-refractivity contribution in [3.05, 3.63) is 83.7 Å². The summed E-state index contributed by atoms with van der Waals surface area (Å²) in [5, 5.41) is 13.3. The molecule has 2 aromatic carbocycles. The highest BCUT2D eigenvalue weighted by molar-refractivity contribution is 5.95. The number of aromatic hydroxyl groups is 1. The highest BCUT2D eigenvalue weighted by Crippen LogP contribution is 2.28. The maximum atomic E-state index is 12.2. The zero-order valence-electron chi connectivity index (χ0n) is 15.4. The van der Waals surface area contributed by atoms with Crippen molar-refractivity contribution >= 4 is 18.1 Å². The molecule has 1 heterocycles. The first-order valence-corrected chi connectivity index (χ1v) is 8.49. The molecule has 0 atom stereocenters. The minimum absolute atomic E-state index is 0.0113. The molecule has 3 aromatic rings. The highest BCUT2D eigenvalue weighted by atomic mass is 16.6. The zero-order chi connectivity index (χ0) is 20.6. The number of phenolic OH excluding ortho intramolecular Hbond substituents is 1. The van der Waals surface area contributed by atoms with Gasteiger partial charge in [0.15, 0.2) is 11.5 Å². The molecule has 0 radical (unpaired) electrons. The topological polar surface area (TPSA) is 110 Å². The average molecular weight is 391 g/mol. The summed E-state index contributed by atoms with van der Waals surface area (Å²) in [4.78, 5) is 28.0. The number of carbonyl (C=O) groups is 2. The maximum Gasteiger partial charge on any atom is 0.345 e. The van der Waals surface area contributed by atoms with Crippen molar-refractivity contribution in [1.29, 1.82) is 0 Å². The van der Waals surface area contributed by atoms with Crippen LogP contribution in [0.3, 0.4) is 0 Å². The Morgan fingerprint density at radius 2 is 1.90 bits per heavy atom. The number of aromatic nitrogens is 1. The number of phenols is 1. The molecule has 0 fully saturated rings. The number of esters is 1. The first-order chi connectivity index (χ1) is 14.1. The van der Waals surface area contributed by atoms with Crippen molar-refractivity contribution < 1.29 is 24.2 Å². The van der Waals surface area contributed by atoms with Crippen molar-refractivity contribution in [3.63, 3.8) is 0 Å². The quantitative estimate of drug-likeness (QED) is 0.289. The van der Waals surface area contributed by atoms with Crippen LogP contribution in [0.2, 0.25) is 0 Å². The number of rotatable bonds is 6. The molecule has 8 nitrogen and oxygen atoms in total. The Kier molecular flexibility index (Phi) is 6.16. The van der Waals surface area contributed by atoms with Crippen LogP contribution in [-0.4, -0.2) is 35.3 Å². The summed E-state index contributed by atoms with van der Waals surface area (Å²) in [7, 11) is 1.45. The van der Waals surface area contributed by atoms with Gasteiger partial charge in [-0.2, -0.15) is 5.10 Å². The Bertz CT molecular complexity index is 1050. The number of hydrogen-bond acceptors (Lipinski definition) is 7. The van der Waals surface area contributed by atoms with Crippen molar-refractivity contribution in [2.75, 3.05) is 7.11 Å². The first kappa shape index (κ1) is 19.6. The summed E-state index contributed by atoms with van der Waals surface area (Å²) < 4.78 is 10.6. The molecule has 8 heteroatoms. The third-order valence-corrected chi connectivity index (χ3v) is 3.78. The van der Waals surface area contributed by atoms with E-state index < -0.39 is 11.9 Å². The van der Waals surface area contributed by atoms with Crippen LogP contribution in [0.4, 0.5) is 0 Å². The highest BCUT2D eigenvalue weighted by Gasteiger charge is 2.13. The van der Waals surface area contributed by atoms with Gasteiger partial charge in [-0.15, -0.1) is 0 Å². The summed E-state index contributed by atoms with van der Waals surface area (Å²) in [6, 6.07) is 14.0. The zero-order valence-corrected chi connectivity index (χ0v) is 15.4. The predicted molar refractivity (Wildman–Crippen MR) is 105 cm³/mol. The number of hydrogen-bond donors (Lipinski definition) is 2. The summed E-state index contributed by atoms with van der Waals surface area (Å²) in [6.45, 7) is 0. The Labute approximate surface area is 166 Å². The predicted octanol–water partition coefficient (Wildman–Crippen LogP) is 2.78. The van der Waals surface area contributed by atoms with E-state index in [1.807, 2.05) is 0 Å². The second-order valence-corrected chi connectivity index (χ2v) is 5.79. The molecule has 1 aromatic heterocycles. The molecule has 0 saturated carbocycles. The Morgan fingerprint density at radius 1 is 1.07 bits per heavy atom. The summed E-state index contributed by atoms with van der Waals surface area (Å²) in [5.74, 6) is -0.474. The Hall–Kier alpha value is -4.20. The number of nitrogens with zero attached hydrogens (tertiary/aromatic N) is 2. The van der Waals surface area contributed by atoms with Crippen LogP contribution in [0.25, 0.3) is 0 Å². The van der Waals surface area contributed by atoms with E-state index in [0.29, 0.717) is 16.9 Å². The van der Waals surface area contributed by atoms with E-state index in [1.54, 1.807) is 48.7 Å². The second-order valence-electron chi connectivity index (χ2n) is 5.79. The lowest BCUT2D eigenvalue weighted by molar-refractivity contribution is 0.0729. The fourth-order valence-corrected chi connectivity index (χ4v) is 2.37. The third kappa shape index (κ3) is 5.16. The summed E-state index contributed by atoms with van der Waals surface area (Å²) in [6.07, 6.45) is 4.38.